The van der Waals surface area contributed by atoms with Gasteiger partial charge in [0.15, 0.2) is 0 Å². The van der Waals surface area contributed by atoms with Crippen LogP contribution in [0.4, 0.5) is 51.1 Å². The van der Waals surface area contributed by atoms with E-state index in [2.05, 4.69) is 10.1 Å². The van der Waals surface area contributed by atoms with Crippen LogP contribution < -0.4 is 9.80 Å². The van der Waals surface area contributed by atoms with Gasteiger partial charge in [-0.1, -0.05) is 6.92 Å². The van der Waals surface area contributed by atoms with E-state index in [9.17, 15) is 49.4 Å². The summed E-state index contributed by atoms with van der Waals surface area (Å²) in [4.78, 5) is 18.4. The van der Waals surface area contributed by atoms with E-state index in [4.69, 9.17) is 4.52 Å². The fourth-order valence-corrected chi connectivity index (χ4v) is 6.37. The van der Waals surface area contributed by atoms with Gasteiger partial charge in [-0.25, -0.2) is 0 Å². The zero-order valence-corrected chi connectivity index (χ0v) is 27.1. The van der Waals surface area contributed by atoms with E-state index in [1.54, 1.807) is 0 Å². The van der Waals surface area contributed by atoms with Gasteiger partial charge in [0, 0.05) is 45.2 Å². The number of carboxylic acids is 1. The molecule has 1 aliphatic carbocycles. The third-order valence-corrected chi connectivity index (χ3v) is 8.66. The van der Waals surface area contributed by atoms with Crippen LogP contribution in [0.25, 0.3) is 0 Å². The van der Waals surface area contributed by atoms with Crippen LogP contribution in [0.15, 0.2) is 34.9 Å². The number of hydrogen-bond donors (Lipinski definition) is 1. The van der Waals surface area contributed by atoms with E-state index >= 15 is 0 Å². The highest BCUT2D eigenvalue weighted by Gasteiger charge is 2.38. The molecular formula is C33H37F9N4O3. The fraction of sp³-hybridized carbons (Fsp3) is 0.545. The van der Waals surface area contributed by atoms with E-state index in [0.29, 0.717) is 50.2 Å². The summed E-state index contributed by atoms with van der Waals surface area (Å²) in [5.74, 6) is -0.928. The molecule has 1 aromatic heterocycles. The zero-order chi connectivity index (χ0) is 36.3. The second-order valence-corrected chi connectivity index (χ2v) is 12.6. The molecule has 1 fully saturated rings. The van der Waals surface area contributed by atoms with Crippen molar-refractivity contribution in [3.63, 3.8) is 0 Å². The minimum Gasteiger partial charge on any atom is -0.481 e. The first-order valence-corrected chi connectivity index (χ1v) is 15.8. The summed E-state index contributed by atoms with van der Waals surface area (Å²) < 4.78 is 130. The predicted octanol–water partition coefficient (Wildman–Crippen LogP) is 9.45. The number of carboxylic acid groups (broad SMARTS) is 1. The van der Waals surface area contributed by atoms with Crippen LogP contribution in [-0.4, -0.2) is 34.3 Å². The van der Waals surface area contributed by atoms with E-state index in [1.807, 2.05) is 11.8 Å². The van der Waals surface area contributed by atoms with Crippen molar-refractivity contribution in [2.75, 3.05) is 22.9 Å². The summed E-state index contributed by atoms with van der Waals surface area (Å²) in [5.41, 5.74) is -3.97. The lowest BCUT2D eigenvalue weighted by atomic mass is 9.80. The quantitative estimate of drug-likeness (QED) is 0.188. The van der Waals surface area contributed by atoms with Crippen molar-refractivity contribution in [1.29, 1.82) is 0 Å². The van der Waals surface area contributed by atoms with E-state index in [0.717, 1.165) is 18.9 Å². The minimum absolute atomic E-state index is 0.00219. The minimum atomic E-state index is -5.11. The van der Waals surface area contributed by atoms with Crippen LogP contribution in [0.1, 0.15) is 84.7 Å². The molecule has 2 aromatic carbocycles. The van der Waals surface area contributed by atoms with Crippen molar-refractivity contribution in [3.05, 3.63) is 69.6 Å². The average molecular weight is 709 g/mol. The molecule has 0 bridgehead atoms. The summed E-state index contributed by atoms with van der Waals surface area (Å²) in [6.07, 6.45) is -11.5. The number of rotatable bonds is 12. The SMILES string of the molecule is CCCN(CC1CCC(CC(=O)O)CC1)c1cc(C)c(C(F)(F)F)cc1CN(Cc1cc(C(F)(F)F)cc(C(F)(F)F)c1)c1noc(C)n1. The monoisotopic (exact) mass is 708 g/mol. The molecule has 1 N–H and O–H groups in total. The van der Waals surface area contributed by atoms with Crippen LogP contribution in [0.5, 0.6) is 0 Å². The number of anilines is 2. The molecule has 4 rings (SSSR count). The number of aliphatic carboxylic acids is 1. The molecule has 0 spiro atoms. The molecule has 49 heavy (non-hydrogen) atoms. The zero-order valence-electron chi connectivity index (χ0n) is 27.1. The van der Waals surface area contributed by atoms with Gasteiger partial charge in [-0.3, -0.25) is 4.79 Å². The number of aromatic nitrogens is 2. The molecule has 16 heteroatoms. The van der Waals surface area contributed by atoms with Gasteiger partial charge in [0.2, 0.25) is 5.89 Å². The topological polar surface area (TPSA) is 82.7 Å². The number of benzene rings is 2. The smallest absolute Gasteiger partial charge is 0.416 e. The van der Waals surface area contributed by atoms with Gasteiger partial charge >= 0.3 is 24.5 Å². The largest absolute Gasteiger partial charge is 0.481 e. The van der Waals surface area contributed by atoms with Gasteiger partial charge in [-0.2, -0.15) is 44.5 Å². The highest BCUT2D eigenvalue weighted by atomic mass is 19.4. The van der Waals surface area contributed by atoms with Crippen LogP contribution in [0.2, 0.25) is 0 Å². The van der Waals surface area contributed by atoms with E-state index in [1.165, 1.54) is 24.8 Å². The van der Waals surface area contributed by atoms with Crippen LogP contribution >= 0.6 is 0 Å². The third-order valence-electron chi connectivity index (χ3n) is 8.66. The van der Waals surface area contributed by atoms with Gasteiger partial charge < -0.3 is 19.4 Å². The van der Waals surface area contributed by atoms with Crippen molar-refractivity contribution in [3.8, 4) is 0 Å². The first kappa shape index (κ1) is 37.8. The van der Waals surface area contributed by atoms with Crippen molar-refractivity contribution < 1.29 is 53.9 Å². The Balaban J connectivity index is 1.77. The standard InChI is InChI=1S/C33H37F9N4O3/c1-4-9-45(16-22-7-5-21(6-8-22)13-29(47)48)28-10-19(2)27(33(40,41)42)14-24(28)18-46(30-43-20(3)49-44-30)17-23-11-25(31(34,35)36)15-26(12-23)32(37,38)39/h10-12,14-15,21-22H,4-9,13,16-18H2,1-3H3,(H,47,48). The molecular weight excluding hydrogens is 671 g/mol. The number of carbonyl (C=O) groups is 1. The number of hydrogen-bond acceptors (Lipinski definition) is 6. The first-order valence-electron chi connectivity index (χ1n) is 15.8. The summed E-state index contributed by atoms with van der Waals surface area (Å²) in [6, 6.07) is 3.45. The molecule has 0 radical (unpaired) electrons. The van der Waals surface area contributed by atoms with Gasteiger partial charge in [0.05, 0.1) is 16.7 Å². The lowest BCUT2D eigenvalue weighted by Crippen LogP contribution is -2.34. The number of alkyl halides is 9. The Kier molecular flexibility index (Phi) is 11.5. The third kappa shape index (κ3) is 10.0. The maximum atomic E-state index is 14.2. The van der Waals surface area contributed by atoms with Crippen molar-refractivity contribution in [1.82, 2.24) is 10.1 Å². The van der Waals surface area contributed by atoms with Crippen LogP contribution in [-0.2, 0) is 36.4 Å². The maximum Gasteiger partial charge on any atom is 0.416 e. The lowest BCUT2D eigenvalue weighted by Gasteiger charge is -2.35. The highest BCUT2D eigenvalue weighted by Crippen LogP contribution is 2.40. The molecule has 0 amide bonds. The Morgan fingerprint density at radius 1 is 0.837 bits per heavy atom. The second kappa shape index (κ2) is 14.9. The Hall–Kier alpha value is -3.98. The molecule has 3 aromatic rings. The molecule has 0 saturated heterocycles. The van der Waals surface area contributed by atoms with Gasteiger partial charge in [-0.15, -0.1) is 0 Å². The predicted molar refractivity (Wildman–Crippen MR) is 162 cm³/mol. The fourth-order valence-electron chi connectivity index (χ4n) is 6.37. The summed E-state index contributed by atoms with van der Waals surface area (Å²) >= 11 is 0. The molecule has 0 unspecified atom stereocenters. The summed E-state index contributed by atoms with van der Waals surface area (Å²) in [6.45, 7) is 4.48. The molecule has 0 aliphatic heterocycles. The number of aryl methyl sites for hydroxylation is 2. The Labute approximate surface area is 277 Å². The van der Waals surface area contributed by atoms with Crippen LogP contribution in [0, 0.1) is 25.7 Å². The van der Waals surface area contributed by atoms with E-state index < -0.39 is 59.8 Å². The van der Waals surface area contributed by atoms with Crippen molar-refractivity contribution in [2.24, 2.45) is 11.8 Å². The van der Waals surface area contributed by atoms with Crippen molar-refractivity contribution in [2.45, 2.75) is 90.9 Å². The number of halogens is 9. The summed E-state index contributed by atoms with van der Waals surface area (Å²) in [5, 5.41) is 13.0. The normalized spacial score (nSPS) is 17.3. The van der Waals surface area contributed by atoms with Crippen LogP contribution in [0.3, 0.4) is 0 Å². The summed E-state index contributed by atoms with van der Waals surface area (Å²) in [7, 11) is 0. The Morgan fingerprint density at radius 2 is 1.43 bits per heavy atom. The van der Waals surface area contributed by atoms with Crippen molar-refractivity contribution >= 4 is 17.6 Å². The highest BCUT2D eigenvalue weighted by molar-refractivity contribution is 5.67. The molecule has 1 saturated carbocycles. The maximum absolute atomic E-state index is 14.2. The molecule has 270 valence electrons. The van der Waals surface area contributed by atoms with Gasteiger partial charge in [-0.05, 0) is 103 Å². The molecule has 7 nitrogen and oxygen atoms in total. The Bertz CT molecular complexity index is 1560. The number of nitrogens with zero attached hydrogens (tertiary/aromatic N) is 4. The van der Waals surface area contributed by atoms with Gasteiger partial charge in [0.1, 0.15) is 0 Å². The molecule has 1 aliphatic rings. The second-order valence-electron chi connectivity index (χ2n) is 12.6. The molecule has 1 heterocycles. The van der Waals surface area contributed by atoms with E-state index in [-0.39, 0.29) is 47.3 Å². The lowest BCUT2D eigenvalue weighted by molar-refractivity contribution is -0.143. The average Bonchev–Trinajstić information content (AvgIpc) is 3.42. The molecule has 0 atom stereocenters. The first-order chi connectivity index (χ1) is 22.7. The Morgan fingerprint density at radius 3 is 1.92 bits per heavy atom. The van der Waals surface area contributed by atoms with Gasteiger partial charge in [0.25, 0.3) is 5.95 Å².